The zero-order valence-corrected chi connectivity index (χ0v) is 18.3. The number of carbonyl (C=O) groups excluding carboxylic acids is 2. The molecule has 4 rings (SSSR count). The number of aromatic nitrogens is 4. The molecule has 0 bridgehead atoms. The number of hydrogen-bond donors (Lipinski definition) is 1. The Kier molecular flexibility index (Phi) is 5.44. The summed E-state index contributed by atoms with van der Waals surface area (Å²) in [6, 6.07) is 12.5. The minimum absolute atomic E-state index is 0.0529. The highest BCUT2D eigenvalue weighted by atomic mass is 16.2. The average molecular weight is 429 g/mol. The maximum absolute atomic E-state index is 13.2. The SMILES string of the molecule is CC(=O)c1ccc(NC(=O)Cn2nc(C)c3cnn(-c4ccc(C)cc4C)c3c2=O)cc1. The largest absolute Gasteiger partial charge is 0.324 e. The topological polar surface area (TPSA) is 98.9 Å². The molecule has 8 nitrogen and oxygen atoms in total. The molecule has 2 aromatic carbocycles. The van der Waals surface area contributed by atoms with Gasteiger partial charge in [-0.25, -0.2) is 9.36 Å². The first-order valence-electron chi connectivity index (χ1n) is 10.2. The molecule has 0 aliphatic carbocycles. The van der Waals surface area contributed by atoms with Crippen LogP contribution in [0, 0.1) is 20.8 Å². The van der Waals surface area contributed by atoms with Crippen LogP contribution in [-0.2, 0) is 11.3 Å². The third-order valence-corrected chi connectivity index (χ3v) is 5.32. The maximum Gasteiger partial charge on any atom is 0.293 e. The second-order valence-corrected chi connectivity index (χ2v) is 7.84. The number of nitrogens with one attached hydrogen (secondary N) is 1. The smallest absolute Gasteiger partial charge is 0.293 e. The van der Waals surface area contributed by atoms with Crippen LogP contribution in [0.1, 0.15) is 34.1 Å². The van der Waals surface area contributed by atoms with Crippen molar-refractivity contribution in [3.63, 3.8) is 0 Å². The van der Waals surface area contributed by atoms with Gasteiger partial charge in [-0.1, -0.05) is 17.7 Å². The summed E-state index contributed by atoms with van der Waals surface area (Å²) in [4.78, 5) is 37.2. The molecule has 1 N–H and O–H groups in total. The lowest BCUT2D eigenvalue weighted by molar-refractivity contribution is -0.117. The first kappa shape index (κ1) is 21.2. The summed E-state index contributed by atoms with van der Waals surface area (Å²) in [5.41, 5.74) is 4.58. The van der Waals surface area contributed by atoms with Gasteiger partial charge in [-0.3, -0.25) is 14.4 Å². The molecule has 1 amide bonds. The minimum atomic E-state index is -0.398. The van der Waals surface area contributed by atoms with E-state index in [-0.39, 0.29) is 12.3 Å². The van der Waals surface area contributed by atoms with E-state index in [9.17, 15) is 14.4 Å². The van der Waals surface area contributed by atoms with Gasteiger partial charge in [-0.2, -0.15) is 10.2 Å². The number of benzene rings is 2. The highest BCUT2D eigenvalue weighted by Crippen LogP contribution is 2.20. The summed E-state index contributed by atoms with van der Waals surface area (Å²) in [5.74, 6) is -0.450. The van der Waals surface area contributed by atoms with Crippen molar-refractivity contribution in [1.29, 1.82) is 0 Å². The molecule has 8 heteroatoms. The van der Waals surface area contributed by atoms with Gasteiger partial charge in [-0.15, -0.1) is 0 Å². The fourth-order valence-corrected chi connectivity index (χ4v) is 3.68. The third kappa shape index (κ3) is 3.94. The Morgan fingerprint density at radius 3 is 2.41 bits per heavy atom. The van der Waals surface area contributed by atoms with Crippen molar-refractivity contribution < 1.29 is 9.59 Å². The van der Waals surface area contributed by atoms with Crippen molar-refractivity contribution in [2.75, 3.05) is 5.32 Å². The molecule has 0 radical (unpaired) electrons. The summed E-state index contributed by atoms with van der Waals surface area (Å²) in [6.45, 7) is 6.98. The number of Topliss-reactive ketones (excluding diaryl/α,β-unsaturated/α-hetero) is 1. The molecule has 0 unspecified atom stereocenters. The summed E-state index contributed by atoms with van der Waals surface area (Å²) < 4.78 is 2.76. The Labute approximate surface area is 184 Å². The number of rotatable bonds is 5. The molecule has 0 saturated carbocycles. The predicted octanol–water partition coefficient (Wildman–Crippen LogP) is 3.35. The van der Waals surface area contributed by atoms with Crippen molar-refractivity contribution in [2.45, 2.75) is 34.2 Å². The number of amides is 1. The maximum atomic E-state index is 13.2. The minimum Gasteiger partial charge on any atom is -0.324 e. The van der Waals surface area contributed by atoms with Crippen molar-refractivity contribution in [3.8, 4) is 5.69 Å². The van der Waals surface area contributed by atoms with Crippen molar-refractivity contribution in [3.05, 3.63) is 81.4 Å². The lowest BCUT2D eigenvalue weighted by atomic mass is 10.1. The Morgan fingerprint density at radius 1 is 1.03 bits per heavy atom. The van der Waals surface area contributed by atoms with Gasteiger partial charge in [-0.05, 0) is 63.6 Å². The quantitative estimate of drug-likeness (QED) is 0.491. The van der Waals surface area contributed by atoms with E-state index in [1.54, 1.807) is 42.1 Å². The van der Waals surface area contributed by atoms with Crippen molar-refractivity contribution >= 4 is 28.3 Å². The van der Waals surface area contributed by atoms with Gasteiger partial charge in [0, 0.05) is 16.6 Å². The molecule has 162 valence electrons. The first-order chi connectivity index (χ1) is 15.2. The molecule has 32 heavy (non-hydrogen) atoms. The van der Waals surface area contributed by atoms with Gasteiger partial charge in [0.1, 0.15) is 12.1 Å². The number of carbonyl (C=O) groups is 2. The number of anilines is 1. The van der Waals surface area contributed by atoms with Crippen LogP contribution in [0.2, 0.25) is 0 Å². The Bertz CT molecular complexity index is 1410. The fraction of sp³-hybridized carbons (Fsp3) is 0.208. The number of hydrogen-bond acceptors (Lipinski definition) is 5. The highest BCUT2D eigenvalue weighted by Gasteiger charge is 2.17. The van der Waals surface area contributed by atoms with Crippen LogP contribution in [0.4, 0.5) is 5.69 Å². The first-order valence-corrected chi connectivity index (χ1v) is 10.2. The summed E-state index contributed by atoms with van der Waals surface area (Å²) in [7, 11) is 0. The van der Waals surface area contributed by atoms with E-state index >= 15 is 0 Å². The Morgan fingerprint density at radius 2 is 1.75 bits per heavy atom. The lowest BCUT2D eigenvalue weighted by Crippen LogP contribution is -2.31. The van der Waals surface area contributed by atoms with Gasteiger partial charge >= 0.3 is 0 Å². The second-order valence-electron chi connectivity index (χ2n) is 7.84. The van der Waals surface area contributed by atoms with E-state index in [2.05, 4.69) is 15.5 Å². The van der Waals surface area contributed by atoms with Gasteiger partial charge in [0.2, 0.25) is 5.91 Å². The van der Waals surface area contributed by atoms with Gasteiger partial charge in [0.05, 0.1) is 17.6 Å². The zero-order chi connectivity index (χ0) is 23.0. The van der Waals surface area contributed by atoms with E-state index in [0.717, 1.165) is 21.5 Å². The van der Waals surface area contributed by atoms with E-state index in [0.29, 0.717) is 27.8 Å². The van der Waals surface area contributed by atoms with Crippen LogP contribution in [0.25, 0.3) is 16.6 Å². The Hall–Kier alpha value is -4.07. The molecule has 4 aromatic rings. The van der Waals surface area contributed by atoms with Crippen molar-refractivity contribution in [1.82, 2.24) is 19.6 Å². The molecular weight excluding hydrogens is 406 g/mol. The van der Waals surface area contributed by atoms with Crippen LogP contribution in [-0.4, -0.2) is 31.3 Å². The average Bonchev–Trinajstić information content (AvgIpc) is 3.18. The molecule has 0 spiro atoms. The van der Waals surface area contributed by atoms with Crippen LogP contribution in [0.5, 0.6) is 0 Å². The molecule has 0 aliphatic heterocycles. The molecule has 0 atom stereocenters. The van der Waals surface area contributed by atoms with E-state index in [1.165, 1.54) is 6.92 Å². The lowest BCUT2D eigenvalue weighted by Gasteiger charge is -2.11. The zero-order valence-electron chi connectivity index (χ0n) is 18.3. The molecule has 0 fully saturated rings. The molecule has 0 saturated heterocycles. The van der Waals surface area contributed by atoms with Crippen molar-refractivity contribution in [2.24, 2.45) is 0 Å². The van der Waals surface area contributed by atoms with E-state index < -0.39 is 11.5 Å². The van der Waals surface area contributed by atoms with E-state index in [4.69, 9.17) is 0 Å². The number of ketones is 1. The van der Waals surface area contributed by atoms with Crippen LogP contribution in [0.15, 0.2) is 53.5 Å². The number of nitrogens with zero attached hydrogens (tertiary/aromatic N) is 4. The van der Waals surface area contributed by atoms with Gasteiger partial charge in [0.25, 0.3) is 5.56 Å². The Balaban J connectivity index is 1.67. The summed E-state index contributed by atoms with van der Waals surface area (Å²) >= 11 is 0. The second kappa shape index (κ2) is 8.22. The molecule has 0 aliphatic rings. The van der Waals surface area contributed by atoms with Crippen LogP contribution in [0.3, 0.4) is 0 Å². The summed E-state index contributed by atoms with van der Waals surface area (Å²) in [6.07, 6.45) is 1.62. The third-order valence-electron chi connectivity index (χ3n) is 5.32. The molecular formula is C24H23N5O3. The van der Waals surface area contributed by atoms with Gasteiger partial charge in [0.15, 0.2) is 5.78 Å². The molecule has 2 aromatic heterocycles. The molecule has 2 heterocycles. The van der Waals surface area contributed by atoms with Crippen LogP contribution >= 0.6 is 0 Å². The highest BCUT2D eigenvalue weighted by molar-refractivity contribution is 5.95. The summed E-state index contributed by atoms with van der Waals surface area (Å²) in [5, 5.41) is 12.1. The van der Waals surface area contributed by atoms with Crippen LogP contribution < -0.4 is 10.9 Å². The predicted molar refractivity (Wildman–Crippen MR) is 122 cm³/mol. The normalized spacial score (nSPS) is 11.0. The fourth-order valence-electron chi connectivity index (χ4n) is 3.68. The monoisotopic (exact) mass is 429 g/mol. The number of fused-ring (bicyclic) bond motifs is 1. The standard InChI is InChI=1S/C24H23N5O3/c1-14-5-10-21(15(2)11-14)29-23-20(12-25-29)16(3)27-28(24(23)32)13-22(31)26-19-8-6-18(7-9-19)17(4)30/h5-12H,13H2,1-4H3,(H,26,31). The van der Waals surface area contributed by atoms with E-state index in [1.807, 2.05) is 32.0 Å². The number of aryl methyl sites for hydroxylation is 3. The van der Waals surface area contributed by atoms with Gasteiger partial charge < -0.3 is 5.32 Å².